The third kappa shape index (κ3) is 4.98. The molecule has 0 saturated carbocycles. The maximum Gasteiger partial charge on any atom is 0.338 e. The number of rotatable bonds is 8. The van der Waals surface area contributed by atoms with E-state index in [0.29, 0.717) is 5.56 Å². The molecule has 0 N–H and O–H groups in total. The highest BCUT2D eigenvalue weighted by molar-refractivity contribution is 7.86. The second-order valence-corrected chi connectivity index (χ2v) is 7.51. The SMILES string of the molecule is CCCCC(C)(C)C(=O)C=COS(=O)(=O)c1ccccc1C. The van der Waals surface area contributed by atoms with E-state index in [4.69, 9.17) is 4.18 Å². The Hall–Kier alpha value is -1.62. The summed E-state index contributed by atoms with van der Waals surface area (Å²) >= 11 is 0. The highest BCUT2D eigenvalue weighted by atomic mass is 32.2. The topological polar surface area (TPSA) is 60.4 Å². The summed E-state index contributed by atoms with van der Waals surface area (Å²) in [7, 11) is -3.89. The van der Waals surface area contributed by atoms with Crippen LogP contribution in [-0.2, 0) is 19.1 Å². The lowest BCUT2D eigenvalue weighted by molar-refractivity contribution is -0.122. The zero-order chi connectivity index (χ0) is 16.8. The zero-order valence-corrected chi connectivity index (χ0v) is 14.4. The number of allylic oxidation sites excluding steroid dienone is 1. The summed E-state index contributed by atoms with van der Waals surface area (Å²) in [5, 5.41) is 0. The molecule has 22 heavy (non-hydrogen) atoms. The third-order valence-electron chi connectivity index (χ3n) is 3.59. The van der Waals surface area contributed by atoms with Crippen molar-refractivity contribution in [1.82, 2.24) is 0 Å². The molecule has 0 aliphatic rings. The first-order chi connectivity index (χ1) is 10.2. The minimum absolute atomic E-state index is 0.109. The minimum Gasteiger partial charge on any atom is -0.387 e. The largest absolute Gasteiger partial charge is 0.387 e. The summed E-state index contributed by atoms with van der Waals surface area (Å²) in [6.45, 7) is 7.46. The second kappa shape index (κ2) is 7.58. The second-order valence-electron chi connectivity index (χ2n) is 5.97. The first-order valence-corrected chi connectivity index (χ1v) is 8.81. The lowest BCUT2D eigenvalue weighted by Crippen LogP contribution is -2.22. The first kappa shape index (κ1) is 18.4. The van der Waals surface area contributed by atoms with Gasteiger partial charge in [-0.1, -0.05) is 51.8 Å². The number of carbonyl (C=O) groups excluding carboxylic acids is 1. The number of carbonyl (C=O) groups is 1. The van der Waals surface area contributed by atoms with Crippen molar-refractivity contribution in [3.63, 3.8) is 0 Å². The van der Waals surface area contributed by atoms with Crippen molar-refractivity contribution in [2.24, 2.45) is 5.41 Å². The van der Waals surface area contributed by atoms with Gasteiger partial charge in [-0.2, -0.15) is 8.42 Å². The number of hydrogen-bond acceptors (Lipinski definition) is 4. The highest BCUT2D eigenvalue weighted by Gasteiger charge is 2.25. The summed E-state index contributed by atoms with van der Waals surface area (Å²) < 4.78 is 29.0. The van der Waals surface area contributed by atoms with Gasteiger partial charge in [0.25, 0.3) is 0 Å². The average Bonchev–Trinajstić information content (AvgIpc) is 2.45. The number of benzene rings is 1. The Kier molecular flexibility index (Phi) is 6.35. The number of ketones is 1. The normalized spacial score (nSPS) is 12.5. The fourth-order valence-corrected chi connectivity index (χ4v) is 3.03. The third-order valence-corrected chi connectivity index (χ3v) is 4.95. The lowest BCUT2D eigenvalue weighted by Gasteiger charge is -2.20. The molecular formula is C17H24O4S. The maximum absolute atomic E-state index is 12.1. The molecule has 0 spiro atoms. The van der Waals surface area contributed by atoms with Gasteiger partial charge in [0.15, 0.2) is 5.78 Å². The molecular weight excluding hydrogens is 300 g/mol. The van der Waals surface area contributed by atoms with Crippen LogP contribution in [0, 0.1) is 12.3 Å². The minimum atomic E-state index is -3.89. The molecule has 1 aromatic rings. The van der Waals surface area contributed by atoms with Gasteiger partial charge in [-0.25, -0.2) is 0 Å². The fraction of sp³-hybridized carbons (Fsp3) is 0.471. The molecule has 0 aliphatic carbocycles. The van der Waals surface area contributed by atoms with Crippen LogP contribution in [0.5, 0.6) is 0 Å². The molecule has 0 unspecified atom stereocenters. The van der Waals surface area contributed by atoms with Gasteiger partial charge in [-0.05, 0) is 25.0 Å². The summed E-state index contributed by atoms with van der Waals surface area (Å²) in [4.78, 5) is 12.2. The molecule has 0 aliphatic heterocycles. The van der Waals surface area contributed by atoms with E-state index in [0.717, 1.165) is 25.5 Å². The molecule has 5 heteroatoms. The van der Waals surface area contributed by atoms with Crippen LogP contribution in [0.1, 0.15) is 45.6 Å². The van der Waals surface area contributed by atoms with Gasteiger partial charge in [0.2, 0.25) is 0 Å². The van der Waals surface area contributed by atoms with E-state index in [1.807, 2.05) is 13.8 Å². The molecule has 1 rings (SSSR count). The average molecular weight is 324 g/mol. The summed E-state index contributed by atoms with van der Waals surface area (Å²) in [6, 6.07) is 6.56. The molecule has 0 saturated heterocycles. The smallest absolute Gasteiger partial charge is 0.338 e. The molecule has 0 atom stereocenters. The van der Waals surface area contributed by atoms with E-state index in [2.05, 4.69) is 6.92 Å². The quantitative estimate of drug-likeness (QED) is 0.412. The van der Waals surface area contributed by atoms with Gasteiger partial charge in [-0.15, -0.1) is 0 Å². The van der Waals surface area contributed by atoms with Crippen LogP contribution >= 0.6 is 0 Å². The Morgan fingerprint density at radius 3 is 2.50 bits per heavy atom. The summed E-state index contributed by atoms with van der Waals surface area (Å²) in [5.74, 6) is -0.138. The van der Waals surface area contributed by atoms with Gasteiger partial charge in [0.1, 0.15) is 11.2 Å². The molecule has 4 nitrogen and oxygen atoms in total. The van der Waals surface area contributed by atoms with Crippen LogP contribution < -0.4 is 0 Å². The van der Waals surface area contributed by atoms with Gasteiger partial charge in [-0.3, -0.25) is 4.79 Å². The van der Waals surface area contributed by atoms with Gasteiger partial charge in [0.05, 0.1) is 0 Å². The van der Waals surface area contributed by atoms with Crippen LogP contribution in [-0.4, -0.2) is 14.2 Å². The van der Waals surface area contributed by atoms with Gasteiger partial charge >= 0.3 is 10.1 Å². The van der Waals surface area contributed by atoms with Gasteiger partial charge in [0, 0.05) is 11.5 Å². The maximum atomic E-state index is 12.1. The Balaban J connectivity index is 2.77. The Morgan fingerprint density at radius 2 is 1.91 bits per heavy atom. The highest BCUT2D eigenvalue weighted by Crippen LogP contribution is 2.25. The number of hydrogen-bond donors (Lipinski definition) is 0. The van der Waals surface area contributed by atoms with Gasteiger partial charge < -0.3 is 4.18 Å². The van der Waals surface area contributed by atoms with Crippen LogP contribution in [0.3, 0.4) is 0 Å². The number of aryl methyl sites for hydroxylation is 1. The zero-order valence-electron chi connectivity index (χ0n) is 13.6. The molecule has 122 valence electrons. The standard InChI is InChI=1S/C17H24O4S/c1-5-6-12-17(3,4)16(18)11-13-21-22(19,20)15-10-8-7-9-14(15)2/h7-11,13H,5-6,12H2,1-4H3. The van der Waals surface area contributed by atoms with Crippen molar-refractivity contribution in [3.8, 4) is 0 Å². The van der Waals surface area contributed by atoms with E-state index in [1.165, 1.54) is 12.1 Å². The molecule has 0 heterocycles. The molecule has 0 radical (unpaired) electrons. The van der Waals surface area contributed by atoms with Crippen LogP contribution in [0.15, 0.2) is 41.5 Å². The lowest BCUT2D eigenvalue weighted by atomic mass is 9.83. The Bertz CT molecular complexity index is 642. The summed E-state index contributed by atoms with van der Waals surface area (Å²) in [5.41, 5.74) is 0.0907. The van der Waals surface area contributed by atoms with Crippen molar-refractivity contribution < 1.29 is 17.4 Å². The van der Waals surface area contributed by atoms with E-state index >= 15 is 0 Å². The van der Waals surface area contributed by atoms with Crippen molar-refractivity contribution in [2.45, 2.75) is 51.9 Å². The van der Waals surface area contributed by atoms with Crippen LogP contribution in [0.4, 0.5) is 0 Å². The van der Waals surface area contributed by atoms with Crippen LogP contribution in [0.2, 0.25) is 0 Å². The molecule has 0 fully saturated rings. The van der Waals surface area contributed by atoms with Crippen molar-refractivity contribution in [1.29, 1.82) is 0 Å². The van der Waals surface area contributed by atoms with Crippen molar-refractivity contribution in [2.75, 3.05) is 0 Å². The van der Waals surface area contributed by atoms with E-state index in [9.17, 15) is 13.2 Å². The first-order valence-electron chi connectivity index (χ1n) is 7.40. The van der Waals surface area contributed by atoms with E-state index < -0.39 is 15.5 Å². The molecule has 0 aromatic heterocycles. The predicted octanol–water partition coefficient (Wildman–Crippen LogP) is 4.00. The summed E-state index contributed by atoms with van der Waals surface area (Å²) in [6.07, 6.45) is 4.90. The number of unbranched alkanes of at least 4 members (excludes halogenated alkanes) is 1. The molecule has 1 aromatic carbocycles. The Labute approximate surface area is 133 Å². The monoisotopic (exact) mass is 324 g/mol. The van der Waals surface area contributed by atoms with E-state index in [1.54, 1.807) is 25.1 Å². The van der Waals surface area contributed by atoms with E-state index in [-0.39, 0.29) is 10.7 Å². The predicted molar refractivity (Wildman–Crippen MR) is 86.9 cm³/mol. The van der Waals surface area contributed by atoms with Crippen LogP contribution in [0.25, 0.3) is 0 Å². The van der Waals surface area contributed by atoms with Crippen molar-refractivity contribution in [3.05, 3.63) is 42.2 Å². The molecule has 0 bridgehead atoms. The van der Waals surface area contributed by atoms with Crippen molar-refractivity contribution >= 4 is 15.9 Å². The Morgan fingerprint density at radius 1 is 1.27 bits per heavy atom. The fourth-order valence-electron chi connectivity index (χ4n) is 2.02. The molecule has 0 amide bonds.